The van der Waals surface area contributed by atoms with Crippen LogP contribution in [0.25, 0.3) is 0 Å². The molecule has 26 heavy (non-hydrogen) atoms. The maximum absolute atomic E-state index is 12.8. The summed E-state index contributed by atoms with van der Waals surface area (Å²) in [6, 6.07) is 10.4. The van der Waals surface area contributed by atoms with Crippen LogP contribution in [0.4, 0.5) is 0 Å². The maximum Gasteiger partial charge on any atom is 0.287 e. The molecule has 7 heteroatoms. The van der Waals surface area contributed by atoms with Gasteiger partial charge in [0.25, 0.3) is 5.91 Å². The molecule has 1 fully saturated rings. The number of amides is 1. The predicted octanol–water partition coefficient (Wildman–Crippen LogP) is 2.73. The molecule has 1 N–H and O–H groups in total. The number of hydrogen-bond donors (Lipinski definition) is 1. The average Bonchev–Trinajstić information content (AvgIpc) is 3.09. The summed E-state index contributed by atoms with van der Waals surface area (Å²) < 4.78 is 32.3. The van der Waals surface area contributed by atoms with Gasteiger partial charge >= 0.3 is 0 Å². The monoisotopic (exact) mass is 376 g/mol. The van der Waals surface area contributed by atoms with Crippen molar-refractivity contribution in [2.75, 3.05) is 13.1 Å². The highest BCUT2D eigenvalue weighted by Gasteiger charge is 2.30. The third kappa shape index (κ3) is 3.99. The minimum atomic E-state index is -3.49. The summed E-state index contributed by atoms with van der Waals surface area (Å²) >= 11 is 0. The minimum Gasteiger partial charge on any atom is -0.456 e. The molecule has 1 aliphatic heterocycles. The van der Waals surface area contributed by atoms with Crippen molar-refractivity contribution in [3.63, 3.8) is 0 Å². The zero-order valence-electron chi connectivity index (χ0n) is 15.1. The van der Waals surface area contributed by atoms with Gasteiger partial charge in [-0.05, 0) is 56.0 Å². The van der Waals surface area contributed by atoms with E-state index in [1.807, 2.05) is 19.1 Å². The van der Waals surface area contributed by atoms with Gasteiger partial charge in [-0.15, -0.1) is 0 Å². The Bertz CT molecular complexity index is 863. The summed E-state index contributed by atoms with van der Waals surface area (Å²) in [7, 11) is -3.49. The molecule has 140 valence electrons. The van der Waals surface area contributed by atoms with E-state index in [1.54, 1.807) is 31.2 Å². The molecule has 0 spiro atoms. The summed E-state index contributed by atoms with van der Waals surface area (Å²) in [5.74, 6) is 0.716. The Morgan fingerprint density at radius 1 is 1.15 bits per heavy atom. The number of nitrogens with one attached hydrogen (secondary N) is 1. The third-order valence-corrected chi connectivity index (χ3v) is 6.64. The van der Waals surface area contributed by atoms with Crippen LogP contribution in [0.3, 0.4) is 0 Å². The van der Waals surface area contributed by atoms with E-state index < -0.39 is 10.0 Å². The van der Waals surface area contributed by atoms with E-state index >= 15 is 0 Å². The van der Waals surface area contributed by atoms with Gasteiger partial charge in [-0.1, -0.05) is 19.1 Å². The van der Waals surface area contributed by atoms with E-state index in [-0.39, 0.29) is 17.7 Å². The van der Waals surface area contributed by atoms with Crippen LogP contribution < -0.4 is 5.32 Å². The van der Waals surface area contributed by atoms with Gasteiger partial charge in [0, 0.05) is 19.1 Å². The number of hydrogen-bond acceptors (Lipinski definition) is 4. The fraction of sp³-hybridized carbons (Fsp3) is 0.421. The number of carbonyl (C=O) groups is 1. The molecular formula is C19H24N2O4S. The molecule has 1 aromatic heterocycles. The van der Waals surface area contributed by atoms with Crippen molar-refractivity contribution in [1.82, 2.24) is 9.62 Å². The SMILES string of the molecule is CCc1ccc(S(=O)(=O)N2CCC(NC(=O)c3ccc(C)o3)CC2)cc1. The van der Waals surface area contributed by atoms with Crippen LogP contribution in [0.1, 0.15) is 41.6 Å². The third-order valence-electron chi connectivity index (χ3n) is 4.72. The fourth-order valence-electron chi connectivity index (χ4n) is 3.10. The number of rotatable bonds is 5. The van der Waals surface area contributed by atoms with Crippen molar-refractivity contribution in [3.05, 3.63) is 53.5 Å². The molecule has 0 aliphatic carbocycles. The standard InChI is InChI=1S/C19H24N2O4S/c1-3-15-5-7-17(8-6-15)26(23,24)21-12-10-16(11-13-21)20-19(22)18-9-4-14(2)25-18/h4-9,16H,3,10-13H2,1-2H3,(H,20,22). The van der Waals surface area contributed by atoms with Crippen LogP contribution in [-0.4, -0.2) is 37.8 Å². The molecule has 2 heterocycles. The molecule has 0 unspecified atom stereocenters. The summed E-state index contributed by atoms with van der Waals surface area (Å²) in [6.07, 6.45) is 2.04. The second-order valence-electron chi connectivity index (χ2n) is 6.56. The molecule has 3 rings (SSSR count). The smallest absolute Gasteiger partial charge is 0.287 e. The van der Waals surface area contributed by atoms with Gasteiger partial charge in [0.05, 0.1) is 4.90 Å². The van der Waals surface area contributed by atoms with Crippen molar-refractivity contribution < 1.29 is 17.6 Å². The quantitative estimate of drug-likeness (QED) is 0.870. The summed E-state index contributed by atoms with van der Waals surface area (Å²) in [5, 5.41) is 2.92. The van der Waals surface area contributed by atoms with Crippen molar-refractivity contribution >= 4 is 15.9 Å². The van der Waals surface area contributed by atoms with Gasteiger partial charge in [0.1, 0.15) is 5.76 Å². The van der Waals surface area contributed by atoms with Crippen LogP contribution >= 0.6 is 0 Å². The Balaban J connectivity index is 1.59. The van der Waals surface area contributed by atoms with Crippen LogP contribution in [-0.2, 0) is 16.4 Å². The van der Waals surface area contributed by atoms with E-state index in [2.05, 4.69) is 5.32 Å². The lowest BCUT2D eigenvalue weighted by Gasteiger charge is -2.31. The number of aryl methyl sites for hydroxylation is 2. The second kappa shape index (κ2) is 7.63. The Kier molecular flexibility index (Phi) is 5.48. The van der Waals surface area contributed by atoms with E-state index in [1.165, 1.54) is 4.31 Å². The number of nitrogens with zero attached hydrogens (tertiary/aromatic N) is 1. The molecule has 0 saturated carbocycles. The van der Waals surface area contributed by atoms with Crippen molar-refractivity contribution in [3.8, 4) is 0 Å². The maximum atomic E-state index is 12.8. The highest BCUT2D eigenvalue weighted by Crippen LogP contribution is 2.21. The number of furan rings is 1. The largest absolute Gasteiger partial charge is 0.456 e. The molecule has 0 radical (unpaired) electrons. The van der Waals surface area contributed by atoms with Crippen molar-refractivity contribution in [2.24, 2.45) is 0 Å². The summed E-state index contributed by atoms with van der Waals surface area (Å²) in [5.41, 5.74) is 1.11. The van der Waals surface area contributed by atoms with Crippen LogP contribution in [0.5, 0.6) is 0 Å². The molecule has 0 bridgehead atoms. The van der Waals surface area contributed by atoms with E-state index in [4.69, 9.17) is 4.42 Å². The number of sulfonamides is 1. The van der Waals surface area contributed by atoms with E-state index in [0.29, 0.717) is 36.6 Å². The highest BCUT2D eigenvalue weighted by atomic mass is 32.2. The number of piperidine rings is 1. The Hall–Kier alpha value is -2.12. The van der Waals surface area contributed by atoms with E-state index in [9.17, 15) is 13.2 Å². The minimum absolute atomic E-state index is 0.0539. The topological polar surface area (TPSA) is 79.6 Å². The molecule has 6 nitrogen and oxygen atoms in total. The average molecular weight is 376 g/mol. The Morgan fingerprint density at radius 2 is 1.81 bits per heavy atom. The highest BCUT2D eigenvalue weighted by molar-refractivity contribution is 7.89. The van der Waals surface area contributed by atoms with Crippen molar-refractivity contribution in [1.29, 1.82) is 0 Å². The second-order valence-corrected chi connectivity index (χ2v) is 8.50. The van der Waals surface area contributed by atoms with Crippen LogP contribution in [0.15, 0.2) is 45.7 Å². The van der Waals surface area contributed by atoms with Gasteiger partial charge in [0.2, 0.25) is 10.0 Å². The summed E-state index contributed by atoms with van der Waals surface area (Å²) in [4.78, 5) is 12.5. The molecule has 2 aromatic rings. The normalized spacial score (nSPS) is 16.5. The van der Waals surface area contributed by atoms with Gasteiger partial charge in [0.15, 0.2) is 5.76 Å². The Labute approximate surface area is 154 Å². The molecule has 1 amide bonds. The van der Waals surface area contributed by atoms with Crippen molar-refractivity contribution in [2.45, 2.75) is 44.0 Å². The van der Waals surface area contributed by atoms with E-state index in [0.717, 1.165) is 12.0 Å². The van der Waals surface area contributed by atoms with Gasteiger partial charge in [-0.2, -0.15) is 4.31 Å². The lowest BCUT2D eigenvalue weighted by Crippen LogP contribution is -2.46. The van der Waals surface area contributed by atoms with Crippen LogP contribution in [0, 0.1) is 6.92 Å². The first-order valence-electron chi connectivity index (χ1n) is 8.86. The zero-order valence-corrected chi connectivity index (χ0v) is 15.9. The molecular weight excluding hydrogens is 352 g/mol. The van der Waals surface area contributed by atoms with Crippen LogP contribution in [0.2, 0.25) is 0 Å². The first-order chi connectivity index (χ1) is 12.4. The zero-order chi connectivity index (χ0) is 18.7. The molecule has 0 atom stereocenters. The first-order valence-corrected chi connectivity index (χ1v) is 10.3. The molecule has 1 saturated heterocycles. The number of carbonyl (C=O) groups excluding carboxylic acids is 1. The lowest BCUT2D eigenvalue weighted by atomic mass is 10.1. The fourth-order valence-corrected chi connectivity index (χ4v) is 4.57. The predicted molar refractivity (Wildman–Crippen MR) is 98.5 cm³/mol. The first kappa shape index (κ1) is 18.7. The molecule has 1 aromatic carbocycles. The lowest BCUT2D eigenvalue weighted by molar-refractivity contribution is 0.0894. The molecule has 1 aliphatic rings. The Morgan fingerprint density at radius 3 is 2.35 bits per heavy atom. The number of benzene rings is 1. The van der Waals surface area contributed by atoms with Gasteiger partial charge < -0.3 is 9.73 Å². The van der Waals surface area contributed by atoms with Gasteiger partial charge in [-0.3, -0.25) is 4.79 Å². The van der Waals surface area contributed by atoms with Gasteiger partial charge in [-0.25, -0.2) is 8.42 Å². The summed E-state index contributed by atoms with van der Waals surface area (Å²) in [6.45, 7) is 4.60.